The molecule has 0 aromatic carbocycles. The number of esters is 1. The first-order valence-electron chi connectivity index (χ1n) is 8.66. The van der Waals surface area contributed by atoms with Crippen molar-refractivity contribution >= 4 is 5.97 Å². The standard InChI is InChI=1S/C17H26N4O3/c1-3-4-14-11-24-12-15-10-20(5-6-21(14)15)9-13-7-19-16(8-18-13)17(22)23-2/h7-8,14-15H,3-6,9-12H2,1-2H3/t14-,15+/m0/s1. The third kappa shape index (κ3) is 3.91. The topological polar surface area (TPSA) is 67.8 Å². The molecule has 1 aromatic heterocycles. The molecule has 24 heavy (non-hydrogen) atoms. The van der Waals surface area contributed by atoms with Gasteiger partial charge >= 0.3 is 5.97 Å². The smallest absolute Gasteiger partial charge is 0.358 e. The van der Waals surface area contributed by atoms with Crippen LogP contribution in [0.2, 0.25) is 0 Å². The van der Waals surface area contributed by atoms with Crippen molar-refractivity contribution in [3.8, 4) is 0 Å². The molecule has 0 aliphatic carbocycles. The molecule has 0 unspecified atom stereocenters. The molecule has 0 radical (unpaired) electrons. The van der Waals surface area contributed by atoms with Gasteiger partial charge in [0, 0.05) is 38.3 Å². The Morgan fingerprint density at radius 2 is 2.21 bits per heavy atom. The van der Waals surface area contributed by atoms with Crippen LogP contribution >= 0.6 is 0 Å². The molecular weight excluding hydrogens is 308 g/mol. The number of morpholine rings is 1. The Hall–Kier alpha value is -1.57. The first-order valence-corrected chi connectivity index (χ1v) is 8.66. The van der Waals surface area contributed by atoms with E-state index in [1.165, 1.54) is 26.1 Å². The Morgan fingerprint density at radius 1 is 1.33 bits per heavy atom. The summed E-state index contributed by atoms with van der Waals surface area (Å²) in [6.07, 6.45) is 5.55. The fraction of sp³-hybridized carbons (Fsp3) is 0.706. The van der Waals surface area contributed by atoms with Crippen molar-refractivity contribution in [3.05, 3.63) is 23.8 Å². The molecule has 1 aromatic rings. The molecule has 2 saturated heterocycles. The lowest BCUT2D eigenvalue weighted by atomic mass is 10.0. The summed E-state index contributed by atoms with van der Waals surface area (Å²) >= 11 is 0. The maximum Gasteiger partial charge on any atom is 0.358 e. The van der Waals surface area contributed by atoms with Gasteiger partial charge in [0.05, 0.1) is 38.4 Å². The van der Waals surface area contributed by atoms with E-state index in [4.69, 9.17) is 4.74 Å². The fourth-order valence-corrected chi connectivity index (χ4v) is 3.60. The number of ether oxygens (including phenoxy) is 2. The first-order chi connectivity index (χ1) is 11.7. The molecule has 0 amide bonds. The monoisotopic (exact) mass is 334 g/mol. The number of aromatic nitrogens is 2. The van der Waals surface area contributed by atoms with E-state index in [-0.39, 0.29) is 5.69 Å². The number of methoxy groups -OCH3 is 1. The number of carbonyl (C=O) groups is 1. The molecule has 2 aliphatic rings. The highest BCUT2D eigenvalue weighted by Crippen LogP contribution is 2.22. The predicted octanol–water partition coefficient (Wildman–Crippen LogP) is 0.948. The molecule has 7 heteroatoms. The van der Waals surface area contributed by atoms with Gasteiger partial charge < -0.3 is 9.47 Å². The van der Waals surface area contributed by atoms with E-state index in [0.29, 0.717) is 12.1 Å². The van der Waals surface area contributed by atoms with Crippen LogP contribution in [-0.4, -0.2) is 77.8 Å². The normalized spacial score (nSPS) is 25.2. The lowest BCUT2D eigenvalue weighted by Crippen LogP contribution is -2.61. The van der Waals surface area contributed by atoms with Crippen molar-refractivity contribution in [2.24, 2.45) is 0 Å². The van der Waals surface area contributed by atoms with E-state index >= 15 is 0 Å². The summed E-state index contributed by atoms with van der Waals surface area (Å²) in [4.78, 5) is 24.9. The van der Waals surface area contributed by atoms with E-state index < -0.39 is 5.97 Å². The van der Waals surface area contributed by atoms with Crippen LogP contribution in [0.3, 0.4) is 0 Å². The second-order valence-corrected chi connectivity index (χ2v) is 6.49. The Labute approximate surface area is 143 Å². The van der Waals surface area contributed by atoms with E-state index in [2.05, 4.69) is 31.4 Å². The Kier molecular flexibility index (Phi) is 5.76. The summed E-state index contributed by atoms with van der Waals surface area (Å²) < 4.78 is 10.5. The van der Waals surface area contributed by atoms with Gasteiger partial charge in [-0.2, -0.15) is 0 Å². The van der Waals surface area contributed by atoms with E-state index in [0.717, 1.165) is 45.1 Å². The highest BCUT2D eigenvalue weighted by atomic mass is 16.5. The van der Waals surface area contributed by atoms with Crippen LogP contribution in [0.4, 0.5) is 0 Å². The number of hydrogen-bond acceptors (Lipinski definition) is 7. The molecular formula is C17H26N4O3. The van der Waals surface area contributed by atoms with Crippen molar-refractivity contribution in [2.75, 3.05) is 40.0 Å². The fourth-order valence-electron chi connectivity index (χ4n) is 3.60. The van der Waals surface area contributed by atoms with Gasteiger partial charge in [0.1, 0.15) is 0 Å². The number of carbonyl (C=O) groups excluding carboxylic acids is 1. The van der Waals surface area contributed by atoms with Crippen LogP contribution < -0.4 is 0 Å². The van der Waals surface area contributed by atoms with E-state index in [1.807, 2.05) is 0 Å². The van der Waals surface area contributed by atoms with Crippen molar-refractivity contribution in [3.63, 3.8) is 0 Å². The van der Waals surface area contributed by atoms with Crippen molar-refractivity contribution < 1.29 is 14.3 Å². The predicted molar refractivity (Wildman–Crippen MR) is 88.7 cm³/mol. The third-order valence-electron chi connectivity index (χ3n) is 4.81. The minimum atomic E-state index is -0.455. The average Bonchev–Trinajstić information content (AvgIpc) is 2.62. The maximum atomic E-state index is 11.4. The van der Waals surface area contributed by atoms with E-state index in [1.54, 1.807) is 6.20 Å². The van der Waals surface area contributed by atoms with Crippen LogP contribution in [0.1, 0.15) is 35.9 Å². The van der Waals surface area contributed by atoms with Gasteiger partial charge in [-0.1, -0.05) is 13.3 Å². The van der Waals surface area contributed by atoms with Gasteiger partial charge in [-0.15, -0.1) is 0 Å². The zero-order valence-corrected chi connectivity index (χ0v) is 14.5. The molecule has 3 rings (SSSR count). The van der Waals surface area contributed by atoms with Gasteiger partial charge in [0.2, 0.25) is 0 Å². The number of piperazine rings is 1. The second kappa shape index (κ2) is 8.00. The minimum absolute atomic E-state index is 0.245. The van der Waals surface area contributed by atoms with Gasteiger partial charge in [-0.3, -0.25) is 14.8 Å². The van der Waals surface area contributed by atoms with Crippen molar-refractivity contribution in [1.82, 2.24) is 19.8 Å². The lowest BCUT2D eigenvalue weighted by molar-refractivity contribution is -0.0842. The molecule has 0 spiro atoms. The summed E-state index contributed by atoms with van der Waals surface area (Å²) in [7, 11) is 1.34. The molecule has 0 N–H and O–H groups in total. The molecule has 132 valence electrons. The summed E-state index contributed by atoms with van der Waals surface area (Å²) in [5, 5.41) is 0. The summed E-state index contributed by atoms with van der Waals surface area (Å²) in [6, 6.07) is 1.03. The van der Waals surface area contributed by atoms with Gasteiger partial charge in [0.15, 0.2) is 5.69 Å². The van der Waals surface area contributed by atoms with Gasteiger partial charge in [-0.25, -0.2) is 9.78 Å². The van der Waals surface area contributed by atoms with Crippen molar-refractivity contribution in [2.45, 2.75) is 38.4 Å². The molecule has 0 bridgehead atoms. The van der Waals surface area contributed by atoms with Crippen LogP contribution in [0, 0.1) is 0 Å². The van der Waals surface area contributed by atoms with Crippen LogP contribution in [-0.2, 0) is 16.0 Å². The molecule has 2 aliphatic heterocycles. The zero-order valence-electron chi connectivity index (χ0n) is 14.5. The Balaban J connectivity index is 1.57. The number of hydrogen-bond donors (Lipinski definition) is 0. The summed E-state index contributed by atoms with van der Waals surface area (Å²) in [5.41, 5.74) is 1.12. The van der Waals surface area contributed by atoms with Gasteiger partial charge in [-0.05, 0) is 6.42 Å². The van der Waals surface area contributed by atoms with Crippen LogP contribution in [0.15, 0.2) is 12.4 Å². The molecule has 3 heterocycles. The van der Waals surface area contributed by atoms with E-state index in [9.17, 15) is 4.79 Å². The SMILES string of the molecule is CCC[C@H]1COC[C@H]2CN(Cc3cnc(C(=O)OC)cn3)CCN12. The first kappa shape index (κ1) is 17.3. The molecule has 2 atom stereocenters. The van der Waals surface area contributed by atoms with Crippen molar-refractivity contribution in [1.29, 1.82) is 0 Å². The number of fused-ring (bicyclic) bond motifs is 1. The molecule has 2 fully saturated rings. The highest BCUT2D eigenvalue weighted by molar-refractivity contribution is 5.86. The molecule has 7 nitrogen and oxygen atoms in total. The van der Waals surface area contributed by atoms with Gasteiger partial charge in [0.25, 0.3) is 0 Å². The third-order valence-corrected chi connectivity index (χ3v) is 4.81. The Morgan fingerprint density at radius 3 is 2.92 bits per heavy atom. The second-order valence-electron chi connectivity index (χ2n) is 6.49. The zero-order chi connectivity index (χ0) is 16.9. The number of rotatable bonds is 5. The van der Waals surface area contributed by atoms with Crippen LogP contribution in [0.25, 0.3) is 0 Å². The average molecular weight is 334 g/mol. The summed E-state index contributed by atoms with van der Waals surface area (Å²) in [5.74, 6) is -0.455. The van der Waals surface area contributed by atoms with Crippen LogP contribution in [0.5, 0.6) is 0 Å². The highest BCUT2D eigenvalue weighted by Gasteiger charge is 2.35. The molecule has 0 saturated carbocycles. The summed E-state index contributed by atoms with van der Waals surface area (Å²) in [6.45, 7) is 7.74. The Bertz CT molecular complexity index is 549. The lowest BCUT2D eigenvalue weighted by Gasteiger charge is -2.48. The largest absolute Gasteiger partial charge is 0.464 e. The quantitative estimate of drug-likeness (QED) is 0.743. The maximum absolute atomic E-state index is 11.4. The minimum Gasteiger partial charge on any atom is -0.464 e. The number of nitrogens with zero attached hydrogens (tertiary/aromatic N) is 4.